The molecule has 0 atom stereocenters. The molecular weight excluding hydrogens is 352 g/mol. The Morgan fingerprint density at radius 3 is 2.52 bits per heavy atom. The molecular formula is C24H23ClN2. The van der Waals surface area contributed by atoms with Gasteiger partial charge in [0.25, 0.3) is 0 Å². The molecule has 4 aromatic rings. The molecule has 27 heavy (non-hydrogen) atoms. The van der Waals surface area contributed by atoms with E-state index in [1.165, 1.54) is 40.1 Å². The SMILES string of the molecule is Clc1cccc2c(C3CCN(Cc4cccc5ccccc45)CC3)c[nH]c12. The molecule has 0 saturated carbocycles. The molecule has 0 spiro atoms. The number of aromatic amines is 1. The monoisotopic (exact) mass is 374 g/mol. The molecule has 1 saturated heterocycles. The summed E-state index contributed by atoms with van der Waals surface area (Å²) in [5, 5.41) is 4.82. The maximum atomic E-state index is 6.33. The molecule has 0 aliphatic carbocycles. The number of piperidine rings is 1. The van der Waals surface area contributed by atoms with Crippen molar-refractivity contribution >= 4 is 33.3 Å². The first-order valence-corrected chi connectivity index (χ1v) is 10.1. The van der Waals surface area contributed by atoms with E-state index in [1.807, 2.05) is 6.07 Å². The molecule has 1 aliphatic rings. The van der Waals surface area contributed by atoms with Gasteiger partial charge < -0.3 is 4.98 Å². The van der Waals surface area contributed by atoms with Crippen LogP contribution in [0, 0.1) is 0 Å². The lowest BCUT2D eigenvalue weighted by Crippen LogP contribution is -2.32. The van der Waals surface area contributed by atoms with Gasteiger partial charge in [0.15, 0.2) is 0 Å². The lowest BCUT2D eigenvalue weighted by Gasteiger charge is -2.32. The highest BCUT2D eigenvalue weighted by atomic mass is 35.5. The van der Waals surface area contributed by atoms with Crippen molar-refractivity contribution < 1.29 is 0 Å². The largest absolute Gasteiger partial charge is 0.360 e. The lowest BCUT2D eigenvalue weighted by molar-refractivity contribution is 0.206. The van der Waals surface area contributed by atoms with Crippen LogP contribution < -0.4 is 0 Å². The second-order valence-electron chi connectivity index (χ2n) is 7.60. The third kappa shape index (κ3) is 3.13. The second kappa shape index (κ2) is 7.03. The molecule has 0 radical (unpaired) electrons. The molecule has 0 bridgehead atoms. The highest BCUT2D eigenvalue weighted by Gasteiger charge is 2.23. The van der Waals surface area contributed by atoms with E-state index in [9.17, 15) is 0 Å². The summed E-state index contributed by atoms with van der Waals surface area (Å²) in [7, 11) is 0. The van der Waals surface area contributed by atoms with E-state index in [2.05, 4.69) is 70.7 Å². The van der Waals surface area contributed by atoms with E-state index >= 15 is 0 Å². The van der Waals surface area contributed by atoms with Crippen molar-refractivity contribution in [1.29, 1.82) is 0 Å². The molecule has 3 heteroatoms. The summed E-state index contributed by atoms with van der Waals surface area (Å²) in [5.41, 5.74) is 3.94. The average molecular weight is 375 g/mol. The fourth-order valence-electron chi connectivity index (χ4n) is 4.55. The number of H-pyrrole nitrogens is 1. The van der Waals surface area contributed by atoms with Crippen LogP contribution in [0.25, 0.3) is 21.7 Å². The minimum atomic E-state index is 0.612. The quantitative estimate of drug-likeness (QED) is 0.442. The third-order valence-electron chi connectivity index (χ3n) is 6.00. The molecule has 1 aliphatic heterocycles. The van der Waals surface area contributed by atoms with Crippen LogP contribution in [0.4, 0.5) is 0 Å². The maximum absolute atomic E-state index is 6.33. The zero-order chi connectivity index (χ0) is 18.2. The van der Waals surface area contributed by atoms with Crippen molar-refractivity contribution in [3.63, 3.8) is 0 Å². The minimum Gasteiger partial charge on any atom is -0.360 e. The highest BCUT2D eigenvalue weighted by molar-refractivity contribution is 6.35. The summed E-state index contributed by atoms with van der Waals surface area (Å²) in [6.07, 6.45) is 4.57. The number of benzene rings is 3. The first-order valence-electron chi connectivity index (χ1n) is 9.74. The Hall–Kier alpha value is -2.29. The number of aromatic nitrogens is 1. The van der Waals surface area contributed by atoms with Crippen LogP contribution in [-0.2, 0) is 6.54 Å². The number of para-hydroxylation sites is 1. The Labute approximate surface area is 164 Å². The Morgan fingerprint density at radius 1 is 0.889 bits per heavy atom. The van der Waals surface area contributed by atoms with E-state index in [0.29, 0.717) is 5.92 Å². The van der Waals surface area contributed by atoms with Crippen molar-refractivity contribution in [1.82, 2.24) is 9.88 Å². The van der Waals surface area contributed by atoms with Gasteiger partial charge in [0, 0.05) is 18.1 Å². The summed E-state index contributed by atoms with van der Waals surface area (Å²) in [5.74, 6) is 0.612. The van der Waals surface area contributed by atoms with Gasteiger partial charge in [0.2, 0.25) is 0 Å². The van der Waals surface area contributed by atoms with Gasteiger partial charge in [0.1, 0.15) is 0 Å². The molecule has 2 heterocycles. The van der Waals surface area contributed by atoms with Gasteiger partial charge >= 0.3 is 0 Å². The van der Waals surface area contributed by atoms with E-state index in [-0.39, 0.29) is 0 Å². The molecule has 2 nitrogen and oxygen atoms in total. The van der Waals surface area contributed by atoms with Crippen LogP contribution >= 0.6 is 11.6 Å². The summed E-state index contributed by atoms with van der Waals surface area (Å²) in [6, 6.07) is 21.6. The van der Waals surface area contributed by atoms with Gasteiger partial charge in [-0.3, -0.25) is 4.90 Å². The third-order valence-corrected chi connectivity index (χ3v) is 6.31. The molecule has 0 amide bonds. The minimum absolute atomic E-state index is 0.612. The van der Waals surface area contributed by atoms with Crippen LogP contribution in [0.1, 0.15) is 29.9 Å². The Bertz CT molecular complexity index is 1080. The van der Waals surface area contributed by atoms with Crippen LogP contribution in [0.15, 0.2) is 66.9 Å². The maximum Gasteiger partial charge on any atom is 0.0647 e. The van der Waals surface area contributed by atoms with Gasteiger partial charge in [0.05, 0.1) is 10.5 Å². The van der Waals surface area contributed by atoms with Crippen molar-refractivity contribution in [2.75, 3.05) is 13.1 Å². The molecule has 3 aromatic carbocycles. The van der Waals surface area contributed by atoms with Crippen molar-refractivity contribution in [2.24, 2.45) is 0 Å². The highest BCUT2D eigenvalue weighted by Crippen LogP contribution is 2.35. The van der Waals surface area contributed by atoms with Crippen LogP contribution in [0.3, 0.4) is 0 Å². The van der Waals surface area contributed by atoms with E-state index in [1.54, 1.807) is 0 Å². The summed E-state index contributed by atoms with van der Waals surface area (Å²) in [6.45, 7) is 3.32. The fraction of sp³-hybridized carbons (Fsp3) is 0.250. The Balaban J connectivity index is 1.32. The number of halogens is 1. The Morgan fingerprint density at radius 2 is 1.63 bits per heavy atom. The lowest BCUT2D eigenvalue weighted by atomic mass is 9.89. The predicted molar refractivity (Wildman–Crippen MR) is 115 cm³/mol. The molecule has 136 valence electrons. The normalized spacial score (nSPS) is 16.3. The number of nitrogens with zero attached hydrogens (tertiary/aromatic N) is 1. The van der Waals surface area contributed by atoms with Crippen LogP contribution in [0.2, 0.25) is 5.02 Å². The predicted octanol–water partition coefficient (Wildman–Crippen LogP) is 6.35. The van der Waals surface area contributed by atoms with E-state index in [0.717, 1.165) is 30.2 Å². The molecule has 1 N–H and O–H groups in total. The van der Waals surface area contributed by atoms with Gasteiger partial charge in [-0.2, -0.15) is 0 Å². The van der Waals surface area contributed by atoms with Gasteiger partial charge in [-0.15, -0.1) is 0 Å². The number of fused-ring (bicyclic) bond motifs is 2. The van der Waals surface area contributed by atoms with Crippen molar-refractivity contribution in [3.05, 3.63) is 83.0 Å². The zero-order valence-corrected chi connectivity index (χ0v) is 16.0. The smallest absolute Gasteiger partial charge is 0.0647 e. The number of likely N-dealkylation sites (tertiary alicyclic amines) is 1. The van der Waals surface area contributed by atoms with Gasteiger partial charge in [-0.05, 0) is 59.8 Å². The molecule has 5 rings (SSSR count). The van der Waals surface area contributed by atoms with E-state index in [4.69, 9.17) is 11.6 Å². The van der Waals surface area contributed by atoms with Gasteiger partial charge in [-0.1, -0.05) is 66.2 Å². The summed E-state index contributed by atoms with van der Waals surface area (Å²) in [4.78, 5) is 5.98. The van der Waals surface area contributed by atoms with Crippen LogP contribution in [0.5, 0.6) is 0 Å². The summed E-state index contributed by atoms with van der Waals surface area (Å²) >= 11 is 6.33. The standard InChI is InChI=1S/C24H23ClN2/c25-23-10-4-9-21-22(15-26-24(21)23)18-11-13-27(14-12-18)16-19-7-3-6-17-5-1-2-8-20(17)19/h1-10,15,18,26H,11-14,16H2. The number of rotatable bonds is 3. The van der Waals surface area contributed by atoms with Crippen LogP contribution in [-0.4, -0.2) is 23.0 Å². The van der Waals surface area contributed by atoms with Crippen molar-refractivity contribution in [2.45, 2.75) is 25.3 Å². The first-order chi connectivity index (χ1) is 13.3. The zero-order valence-electron chi connectivity index (χ0n) is 15.3. The van der Waals surface area contributed by atoms with E-state index < -0.39 is 0 Å². The molecule has 0 unspecified atom stereocenters. The van der Waals surface area contributed by atoms with Crippen molar-refractivity contribution in [3.8, 4) is 0 Å². The van der Waals surface area contributed by atoms with Gasteiger partial charge in [-0.25, -0.2) is 0 Å². The number of nitrogens with one attached hydrogen (secondary N) is 1. The Kier molecular flexibility index (Phi) is 4.39. The topological polar surface area (TPSA) is 19.0 Å². The fourth-order valence-corrected chi connectivity index (χ4v) is 4.78. The number of hydrogen-bond acceptors (Lipinski definition) is 1. The molecule has 1 aromatic heterocycles. The number of hydrogen-bond donors (Lipinski definition) is 1. The molecule has 1 fully saturated rings. The summed E-state index contributed by atoms with van der Waals surface area (Å²) < 4.78 is 0. The second-order valence-corrected chi connectivity index (χ2v) is 8.00. The average Bonchev–Trinajstić information content (AvgIpc) is 3.14. The first kappa shape index (κ1) is 16.9.